The number of thioether (sulfide) groups is 1. The summed E-state index contributed by atoms with van der Waals surface area (Å²) < 4.78 is 38.8. The number of amides is 1. The van der Waals surface area contributed by atoms with Crippen molar-refractivity contribution in [2.24, 2.45) is 0 Å². The van der Waals surface area contributed by atoms with Gasteiger partial charge in [0.2, 0.25) is 0 Å². The highest BCUT2D eigenvalue weighted by Gasteiger charge is 2.36. The second-order valence-corrected chi connectivity index (χ2v) is 7.24. The molecule has 6 nitrogen and oxygen atoms in total. The number of carbonyl (C=O) groups excluding carboxylic acids is 1. The maximum Gasteiger partial charge on any atom is 0.416 e. The first-order chi connectivity index (χ1) is 13.1. The molecule has 1 aliphatic rings. The number of hydrogen-bond acceptors (Lipinski definition) is 6. The molecule has 11 heteroatoms. The van der Waals surface area contributed by atoms with Crippen molar-refractivity contribution >= 4 is 51.7 Å². The standard InChI is InChI=1S/C17H9F3N2O4S2/c18-17(19,20)10-2-1-3-11(8-10)21-15(24)14(28-16(21)27)7-9-6-12(22(25)26)4-5-13(9)23/h1-8,23H/b14-7-. The number of hydrogen-bond donors (Lipinski definition) is 1. The summed E-state index contributed by atoms with van der Waals surface area (Å²) in [6.45, 7) is 0. The number of rotatable bonds is 3. The molecule has 2 aromatic carbocycles. The van der Waals surface area contributed by atoms with Gasteiger partial charge in [-0.2, -0.15) is 13.2 Å². The highest BCUT2D eigenvalue weighted by atomic mass is 32.2. The van der Waals surface area contributed by atoms with E-state index < -0.39 is 22.6 Å². The topological polar surface area (TPSA) is 83.7 Å². The Hall–Kier alpha value is -2.92. The minimum Gasteiger partial charge on any atom is -0.507 e. The van der Waals surface area contributed by atoms with Gasteiger partial charge in [0.05, 0.1) is 21.1 Å². The third-order valence-electron chi connectivity index (χ3n) is 3.73. The normalized spacial score (nSPS) is 16.1. The van der Waals surface area contributed by atoms with Crippen LogP contribution in [0.4, 0.5) is 24.5 Å². The number of carbonyl (C=O) groups is 1. The van der Waals surface area contributed by atoms with Gasteiger partial charge < -0.3 is 5.11 Å². The monoisotopic (exact) mass is 426 g/mol. The minimum atomic E-state index is -4.58. The lowest BCUT2D eigenvalue weighted by Gasteiger charge is -2.16. The molecule has 0 bridgehead atoms. The van der Waals surface area contributed by atoms with Gasteiger partial charge in [-0.05, 0) is 30.3 Å². The molecule has 0 unspecified atom stereocenters. The van der Waals surface area contributed by atoms with Gasteiger partial charge in [-0.1, -0.05) is 30.0 Å². The number of nitro groups is 1. The maximum atomic E-state index is 12.9. The Morgan fingerprint density at radius 2 is 1.93 bits per heavy atom. The number of alkyl halides is 3. The summed E-state index contributed by atoms with van der Waals surface area (Å²) >= 11 is 5.92. The van der Waals surface area contributed by atoms with Gasteiger partial charge >= 0.3 is 6.18 Å². The summed E-state index contributed by atoms with van der Waals surface area (Å²) in [6, 6.07) is 7.43. The average Bonchev–Trinajstić information content (AvgIpc) is 2.89. The van der Waals surface area contributed by atoms with Crippen LogP contribution in [0.3, 0.4) is 0 Å². The summed E-state index contributed by atoms with van der Waals surface area (Å²) in [7, 11) is 0. The van der Waals surface area contributed by atoms with Crippen molar-refractivity contribution in [1.82, 2.24) is 0 Å². The average molecular weight is 426 g/mol. The quantitative estimate of drug-likeness (QED) is 0.331. The largest absolute Gasteiger partial charge is 0.507 e. The second kappa shape index (κ2) is 7.24. The summed E-state index contributed by atoms with van der Waals surface area (Å²) in [6.07, 6.45) is -3.38. The Kier molecular flexibility index (Phi) is 5.13. The van der Waals surface area contributed by atoms with Gasteiger partial charge in [0.15, 0.2) is 4.32 Å². The highest BCUT2D eigenvalue weighted by molar-refractivity contribution is 8.27. The number of anilines is 1. The molecule has 1 aliphatic heterocycles. The van der Waals surface area contributed by atoms with E-state index >= 15 is 0 Å². The van der Waals surface area contributed by atoms with Crippen LogP contribution in [0.5, 0.6) is 5.75 Å². The van der Waals surface area contributed by atoms with Crippen molar-refractivity contribution in [3.8, 4) is 5.75 Å². The minimum absolute atomic E-state index is 0.000458. The van der Waals surface area contributed by atoms with Gasteiger partial charge in [0, 0.05) is 17.7 Å². The van der Waals surface area contributed by atoms with E-state index in [1.54, 1.807) is 0 Å². The number of non-ortho nitro benzene ring substituents is 1. The molecule has 28 heavy (non-hydrogen) atoms. The first-order valence-electron chi connectivity index (χ1n) is 7.50. The third kappa shape index (κ3) is 3.85. The number of benzene rings is 2. The van der Waals surface area contributed by atoms with E-state index in [9.17, 15) is 33.2 Å². The molecular weight excluding hydrogens is 417 g/mol. The lowest BCUT2D eigenvalue weighted by atomic mass is 10.1. The second-order valence-electron chi connectivity index (χ2n) is 5.57. The molecule has 2 aromatic rings. The molecule has 3 rings (SSSR count). The van der Waals surface area contributed by atoms with E-state index in [-0.39, 0.29) is 31.9 Å². The summed E-state index contributed by atoms with van der Waals surface area (Å²) in [5.74, 6) is -0.991. The number of aromatic hydroxyl groups is 1. The van der Waals surface area contributed by atoms with Gasteiger partial charge in [-0.3, -0.25) is 19.8 Å². The van der Waals surface area contributed by atoms with E-state index in [0.717, 1.165) is 53.1 Å². The summed E-state index contributed by atoms with van der Waals surface area (Å²) in [5, 5.41) is 20.8. The number of halogens is 3. The van der Waals surface area contributed by atoms with Crippen LogP contribution in [0.1, 0.15) is 11.1 Å². The molecule has 1 saturated heterocycles. The number of phenols is 1. The van der Waals surface area contributed by atoms with Gasteiger partial charge in [-0.25, -0.2) is 0 Å². The van der Waals surface area contributed by atoms with Crippen LogP contribution in [0.2, 0.25) is 0 Å². The number of nitrogens with zero attached hydrogens (tertiary/aromatic N) is 2. The molecule has 144 valence electrons. The molecule has 1 N–H and O–H groups in total. The first-order valence-corrected chi connectivity index (χ1v) is 8.73. The maximum absolute atomic E-state index is 12.9. The van der Waals surface area contributed by atoms with Gasteiger partial charge in [-0.15, -0.1) is 0 Å². The fourth-order valence-electron chi connectivity index (χ4n) is 2.42. The Morgan fingerprint density at radius 3 is 2.57 bits per heavy atom. The highest BCUT2D eigenvalue weighted by Crippen LogP contribution is 2.39. The molecule has 1 heterocycles. The summed E-state index contributed by atoms with van der Waals surface area (Å²) in [4.78, 5) is 23.8. The Morgan fingerprint density at radius 1 is 1.21 bits per heavy atom. The molecular formula is C17H9F3N2O4S2. The van der Waals surface area contributed by atoms with E-state index in [1.165, 1.54) is 12.1 Å². The zero-order chi connectivity index (χ0) is 20.6. The van der Waals surface area contributed by atoms with Gasteiger partial charge in [0.25, 0.3) is 11.6 Å². The summed E-state index contributed by atoms with van der Waals surface area (Å²) in [5.41, 5.74) is -1.26. The van der Waals surface area contributed by atoms with Crippen LogP contribution < -0.4 is 4.90 Å². The van der Waals surface area contributed by atoms with Crippen molar-refractivity contribution in [2.75, 3.05) is 4.90 Å². The third-order valence-corrected chi connectivity index (χ3v) is 5.04. The van der Waals surface area contributed by atoms with Crippen LogP contribution in [-0.4, -0.2) is 20.3 Å². The predicted molar refractivity (Wildman–Crippen MR) is 102 cm³/mol. The van der Waals surface area contributed by atoms with Crippen molar-refractivity contribution in [3.05, 3.63) is 68.6 Å². The molecule has 1 fully saturated rings. The van der Waals surface area contributed by atoms with Crippen LogP contribution in [0, 0.1) is 10.1 Å². The van der Waals surface area contributed by atoms with E-state index in [1.807, 2.05) is 0 Å². The smallest absolute Gasteiger partial charge is 0.416 e. The Balaban J connectivity index is 1.98. The van der Waals surface area contributed by atoms with Crippen LogP contribution in [-0.2, 0) is 11.0 Å². The lowest BCUT2D eigenvalue weighted by molar-refractivity contribution is -0.384. The fraction of sp³-hybridized carbons (Fsp3) is 0.0588. The Labute approximate surface area is 165 Å². The number of nitro benzene ring substituents is 1. The van der Waals surface area contributed by atoms with Gasteiger partial charge in [0.1, 0.15) is 5.75 Å². The van der Waals surface area contributed by atoms with Crippen molar-refractivity contribution in [3.63, 3.8) is 0 Å². The number of phenolic OH excluding ortho intramolecular Hbond substituents is 1. The first kappa shape index (κ1) is 19.8. The molecule has 0 spiro atoms. The van der Waals surface area contributed by atoms with Crippen LogP contribution in [0.25, 0.3) is 6.08 Å². The lowest BCUT2D eigenvalue weighted by Crippen LogP contribution is -2.27. The molecule has 0 aromatic heterocycles. The Bertz CT molecular complexity index is 1040. The van der Waals surface area contributed by atoms with Crippen molar-refractivity contribution in [2.45, 2.75) is 6.18 Å². The molecule has 0 radical (unpaired) electrons. The van der Waals surface area contributed by atoms with Crippen molar-refractivity contribution in [1.29, 1.82) is 0 Å². The number of thiocarbonyl (C=S) groups is 1. The molecule has 1 amide bonds. The molecule has 0 aliphatic carbocycles. The van der Waals surface area contributed by atoms with Crippen LogP contribution >= 0.6 is 24.0 Å². The SMILES string of the molecule is O=C1/C(=C/c2cc([N+](=O)[O-])ccc2O)SC(=S)N1c1cccc(C(F)(F)F)c1. The van der Waals surface area contributed by atoms with Crippen LogP contribution in [0.15, 0.2) is 47.4 Å². The van der Waals surface area contributed by atoms with E-state index in [0.29, 0.717) is 0 Å². The molecule has 0 saturated carbocycles. The predicted octanol–water partition coefficient (Wildman–Crippen LogP) is 4.73. The van der Waals surface area contributed by atoms with E-state index in [4.69, 9.17) is 12.2 Å². The van der Waals surface area contributed by atoms with E-state index in [2.05, 4.69) is 0 Å². The fourth-order valence-corrected chi connectivity index (χ4v) is 3.71. The molecule has 0 atom stereocenters. The zero-order valence-electron chi connectivity index (χ0n) is 13.6. The zero-order valence-corrected chi connectivity index (χ0v) is 15.3. The van der Waals surface area contributed by atoms with Crippen molar-refractivity contribution < 1.29 is 28.0 Å².